The van der Waals surface area contributed by atoms with E-state index >= 15 is 0 Å². The van der Waals surface area contributed by atoms with E-state index in [2.05, 4.69) is 15.1 Å². The number of rotatable bonds is 11. The third-order valence-corrected chi connectivity index (χ3v) is 5.78. The van der Waals surface area contributed by atoms with Gasteiger partial charge < -0.3 is 14.9 Å². The fourth-order valence-corrected chi connectivity index (χ4v) is 4.23. The van der Waals surface area contributed by atoms with Crippen molar-refractivity contribution in [3.05, 3.63) is 58.9 Å². The van der Waals surface area contributed by atoms with Gasteiger partial charge in [0.2, 0.25) is 0 Å². The van der Waals surface area contributed by atoms with Crippen molar-refractivity contribution >= 4 is 23.4 Å². The van der Waals surface area contributed by atoms with Gasteiger partial charge in [-0.05, 0) is 44.7 Å². The molecule has 0 unspecified atom stereocenters. The van der Waals surface area contributed by atoms with Crippen molar-refractivity contribution in [1.29, 1.82) is 0 Å². The van der Waals surface area contributed by atoms with E-state index in [4.69, 9.17) is 21.4 Å². The number of halogens is 1. The molecule has 0 bridgehead atoms. The molecule has 1 heterocycles. The molecule has 0 spiro atoms. The van der Waals surface area contributed by atoms with Crippen molar-refractivity contribution in [2.24, 2.45) is 0 Å². The van der Waals surface area contributed by atoms with Crippen molar-refractivity contribution in [3.63, 3.8) is 0 Å². The van der Waals surface area contributed by atoms with E-state index in [0.29, 0.717) is 36.9 Å². The van der Waals surface area contributed by atoms with Crippen LogP contribution in [0, 0.1) is 0 Å². The van der Waals surface area contributed by atoms with Crippen molar-refractivity contribution < 1.29 is 14.9 Å². The topological polar surface area (TPSA) is 83.6 Å². The maximum atomic E-state index is 10.5. The molecule has 0 radical (unpaired) electrons. The number of aromatic hydroxyl groups is 1. The van der Waals surface area contributed by atoms with Gasteiger partial charge in [-0.15, -0.1) is 10.2 Å². The summed E-state index contributed by atoms with van der Waals surface area (Å²) in [5.41, 5.74) is 1.66. The van der Waals surface area contributed by atoms with Gasteiger partial charge in [-0.2, -0.15) is 0 Å². The normalized spacial score (nSPS) is 11.3. The summed E-state index contributed by atoms with van der Waals surface area (Å²) in [5.74, 6) is 2.14. The average Bonchev–Trinajstić information content (AvgIpc) is 3.13. The number of aliphatic hydroxyl groups is 1. The molecule has 1 aromatic heterocycles. The number of aliphatic hydroxyl groups excluding tert-OH is 1. The Morgan fingerprint density at radius 2 is 1.97 bits per heavy atom. The highest BCUT2D eigenvalue weighted by Crippen LogP contribution is 2.31. The Kier molecular flexibility index (Phi) is 8.60. The van der Waals surface area contributed by atoms with Crippen molar-refractivity contribution in [2.45, 2.75) is 31.6 Å². The van der Waals surface area contributed by atoms with Gasteiger partial charge >= 0.3 is 0 Å². The highest BCUT2D eigenvalue weighted by molar-refractivity contribution is 7.99. The van der Waals surface area contributed by atoms with Gasteiger partial charge in [-0.3, -0.25) is 9.47 Å². The molecule has 0 saturated carbocycles. The number of benzene rings is 2. The van der Waals surface area contributed by atoms with E-state index in [1.54, 1.807) is 17.8 Å². The quantitative estimate of drug-likeness (QED) is 0.327. The lowest BCUT2D eigenvalue weighted by molar-refractivity contribution is 0.291. The van der Waals surface area contributed by atoms with E-state index in [1.807, 2.05) is 54.9 Å². The molecule has 0 amide bonds. The van der Waals surface area contributed by atoms with Gasteiger partial charge in [0, 0.05) is 29.5 Å². The number of nitrogens with zero attached hydrogens (tertiary/aromatic N) is 4. The molecule has 7 nitrogen and oxygen atoms in total. The van der Waals surface area contributed by atoms with Gasteiger partial charge in [0.05, 0.1) is 18.8 Å². The minimum atomic E-state index is 0.137. The Hall–Kier alpha value is -2.26. The Morgan fingerprint density at radius 1 is 1.16 bits per heavy atom. The second-order valence-electron chi connectivity index (χ2n) is 7.01. The van der Waals surface area contributed by atoms with E-state index < -0.39 is 0 Å². The lowest BCUT2D eigenvalue weighted by Gasteiger charge is -2.19. The van der Waals surface area contributed by atoms with Gasteiger partial charge in [0.15, 0.2) is 22.5 Å². The van der Waals surface area contributed by atoms with Crippen molar-refractivity contribution in [2.75, 3.05) is 26.0 Å². The standard InChI is InChI=1S/C22H27ClN4O3S/c1-3-30-19-10-4-7-16(21(19)29)14-26(2)15-20-24-25-22(31-12-6-11-28)27(20)18-9-5-8-17(23)13-18/h4-5,7-10,13,28-29H,3,6,11-12,14-15H2,1-2H3. The molecule has 3 rings (SSSR count). The lowest BCUT2D eigenvalue weighted by Crippen LogP contribution is -2.20. The van der Waals surface area contributed by atoms with Crippen LogP contribution in [0.15, 0.2) is 47.6 Å². The maximum Gasteiger partial charge on any atom is 0.195 e. The number of thioether (sulfide) groups is 1. The molecule has 0 atom stereocenters. The molecule has 0 aliphatic heterocycles. The van der Waals surface area contributed by atoms with Crippen LogP contribution < -0.4 is 4.74 Å². The zero-order valence-electron chi connectivity index (χ0n) is 17.7. The molecule has 0 aliphatic rings. The molecule has 0 fully saturated rings. The summed E-state index contributed by atoms with van der Waals surface area (Å²) < 4.78 is 7.47. The minimum absolute atomic E-state index is 0.137. The molecular weight excluding hydrogens is 436 g/mol. The second-order valence-corrected chi connectivity index (χ2v) is 8.51. The smallest absolute Gasteiger partial charge is 0.195 e. The first-order chi connectivity index (χ1) is 15.0. The van der Waals surface area contributed by atoms with Crippen LogP contribution in [-0.2, 0) is 13.1 Å². The molecule has 9 heteroatoms. The zero-order valence-corrected chi connectivity index (χ0v) is 19.2. The van der Waals surface area contributed by atoms with E-state index in [1.165, 1.54) is 0 Å². The molecule has 0 saturated heterocycles. The molecular formula is C22H27ClN4O3S. The molecule has 3 aromatic rings. The summed E-state index contributed by atoms with van der Waals surface area (Å²) in [6, 6.07) is 13.1. The largest absolute Gasteiger partial charge is 0.504 e. The van der Waals surface area contributed by atoms with Gasteiger partial charge in [0.25, 0.3) is 0 Å². The summed E-state index contributed by atoms with van der Waals surface area (Å²) >= 11 is 7.77. The summed E-state index contributed by atoms with van der Waals surface area (Å²) in [7, 11) is 1.96. The Balaban J connectivity index is 1.83. The van der Waals surface area contributed by atoms with Gasteiger partial charge in [-0.25, -0.2) is 0 Å². The van der Waals surface area contributed by atoms with Crippen LogP contribution in [0.25, 0.3) is 5.69 Å². The van der Waals surface area contributed by atoms with Gasteiger partial charge in [0.1, 0.15) is 0 Å². The van der Waals surface area contributed by atoms with E-state index in [9.17, 15) is 5.11 Å². The summed E-state index contributed by atoms with van der Waals surface area (Å²) in [6.07, 6.45) is 0.678. The first-order valence-corrected chi connectivity index (χ1v) is 11.5. The fourth-order valence-electron chi connectivity index (χ4n) is 3.15. The number of phenolic OH excluding ortho intramolecular Hbond substituents is 1. The monoisotopic (exact) mass is 462 g/mol. The van der Waals surface area contributed by atoms with Crippen LogP contribution in [-0.4, -0.2) is 55.9 Å². The van der Waals surface area contributed by atoms with E-state index in [0.717, 1.165) is 28.0 Å². The zero-order chi connectivity index (χ0) is 22.2. The number of hydrogen-bond donors (Lipinski definition) is 2. The first-order valence-electron chi connectivity index (χ1n) is 10.1. The maximum absolute atomic E-state index is 10.5. The second kappa shape index (κ2) is 11.4. The van der Waals surface area contributed by atoms with Crippen LogP contribution in [0.1, 0.15) is 24.7 Å². The molecule has 0 aliphatic carbocycles. The van der Waals surface area contributed by atoms with Crippen LogP contribution in [0.5, 0.6) is 11.5 Å². The summed E-state index contributed by atoms with van der Waals surface area (Å²) in [4.78, 5) is 2.05. The Bertz CT molecular complexity index is 999. The minimum Gasteiger partial charge on any atom is -0.504 e. The summed E-state index contributed by atoms with van der Waals surface area (Å²) in [6.45, 7) is 3.54. The van der Waals surface area contributed by atoms with Crippen LogP contribution >= 0.6 is 23.4 Å². The van der Waals surface area contributed by atoms with E-state index in [-0.39, 0.29) is 12.4 Å². The molecule has 2 N–H and O–H groups in total. The highest BCUT2D eigenvalue weighted by atomic mass is 35.5. The Labute approximate surface area is 191 Å². The van der Waals surface area contributed by atoms with Crippen LogP contribution in [0.4, 0.5) is 0 Å². The van der Waals surface area contributed by atoms with Crippen molar-refractivity contribution in [1.82, 2.24) is 19.7 Å². The molecule has 2 aromatic carbocycles. The van der Waals surface area contributed by atoms with Crippen LogP contribution in [0.3, 0.4) is 0 Å². The third kappa shape index (κ3) is 6.13. The fraction of sp³-hybridized carbons (Fsp3) is 0.364. The predicted octanol–water partition coefficient (Wildman–Crippen LogP) is 4.13. The van der Waals surface area contributed by atoms with Crippen LogP contribution in [0.2, 0.25) is 5.02 Å². The average molecular weight is 463 g/mol. The first kappa shape index (κ1) is 23.4. The number of aromatic nitrogens is 3. The van der Waals surface area contributed by atoms with Gasteiger partial charge in [-0.1, -0.05) is 41.6 Å². The molecule has 31 heavy (non-hydrogen) atoms. The number of hydrogen-bond acceptors (Lipinski definition) is 7. The Morgan fingerprint density at radius 3 is 2.71 bits per heavy atom. The summed E-state index contributed by atoms with van der Waals surface area (Å²) in [5, 5.41) is 29.8. The SMILES string of the molecule is CCOc1cccc(CN(C)Cc2nnc(SCCCO)n2-c2cccc(Cl)c2)c1O. The molecule has 166 valence electrons. The number of ether oxygens (including phenoxy) is 1. The lowest BCUT2D eigenvalue weighted by atomic mass is 10.1. The third-order valence-electron chi connectivity index (χ3n) is 4.53. The van der Waals surface area contributed by atoms with Crippen molar-refractivity contribution in [3.8, 4) is 17.2 Å². The number of phenols is 1. The highest BCUT2D eigenvalue weighted by Gasteiger charge is 2.17. The number of para-hydroxylation sites is 1. The predicted molar refractivity (Wildman–Crippen MR) is 123 cm³/mol.